The Kier molecular flexibility index (Phi) is 11.9. The first-order valence-electron chi connectivity index (χ1n) is 16.7. The minimum atomic E-state index is -1.35. The van der Waals surface area contributed by atoms with Gasteiger partial charge in [0, 0.05) is 76.0 Å². The molecule has 0 saturated carbocycles. The number of rotatable bonds is 7. The van der Waals surface area contributed by atoms with Gasteiger partial charge in [-0.3, -0.25) is 24.4 Å². The first-order chi connectivity index (χ1) is 21.1. The zero-order valence-corrected chi connectivity index (χ0v) is 29.3. The number of Topliss-reactive ketones (excluding diaryl/α,β-unsaturated/α-hetero) is 1. The van der Waals surface area contributed by atoms with E-state index in [1.165, 1.54) is 5.56 Å². The summed E-state index contributed by atoms with van der Waals surface area (Å²) in [5.74, 6) is -0.783. The van der Waals surface area contributed by atoms with Crippen LogP contribution >= 0.6 is 0 Å². The van der Waals surface area contributed by atoms with E-state index in [0.717, 1.165) is 32.6 Å². The summed E-state index contributed by atoms with van der Waals surface area (Å²) in [6, 6.07) is 4.40. The maximum Gasteiger partial charge on any atom is 0.319 e. The van der Waals surface area contributed by atoms with Crippen LogP contribution in [0.1, 0.15) is 66.4 Å². The fourth-order valence-electron chi connectivity index (χ4n) is 7.74. The first kappa shape index (κ1) is 35.9. The standard InChI is InChI=1S/C35H58N4O6/c1-23-16-35(6,42-10)32(45-30-15-28(37(7)8)14-24(2)44-30)25(3)31(40)34(4,5)33(41)43-22-29(38(9)18-23)27-20-39(21-27)19-26-12-11-13-36-17-26/h11-13,17,23-25,27-30,32H,14-16,18-22H2,1-10H3/t23-,24-,25+,28+,29?,30+,32-,35-/m1/s1. The molecule has 3 aliphatic rings. The van der Waals surface area contributed by atoms with E-state index < -0.39 is 35.3 Å². The number of aromatic nitrogens is 1. The molecular weight excluding hydrogens is 572 g/mol. The predicted molar refractivity (Wildman–Crippen MR) is 173 cm³/mol. The number of ether oxygens (including phenoxy) is 4. The van der Waals surface area contributed by atoms with Crippen molar-refractivity contribution in [3.63, 3.8) is 0 Å². The van der Waals surface area contributed by atoms with E-state index in [4.69, 9.17) is 18.9 Å². The number of likely N-dealkylation sites (tertiary alicyclic amines) is 1. The summed E-state index contributed by atoms with van der Waals surface area (Å²) >= 11 is 0. The molecule has 3 saturated heterocycles. The number of methoxy groups -OCH3 is 1. The second-order valence-electron chi connectivity index (χ2n) is 15.0. The average molecular weight is 631 g/mol. The second-order valence-corrected chi connectivity index (χ2v) is 15.0. The summed E-state index contributed by atoms with van der Waals surface area (Å²) in [5, 5.41) is 0. The maximum absolute atomic E-state index is 14.2. The van der Waals surface area contributed by atoms with Crippen LogP contribution in [0.25, 0.3) is 0 Å². The van der Waals surface area contributed by atoms with Crippen LogP contribution in [0, 0.1) is 23.2 Å². The SMILES string of the molecule is CO[C@]1(C)C[C@@H](C)CN(C)C(C2CN(Cc3cccnc3)C2)COC(=O)C(C)(C)C(=O)[C@H](C)[C@H]1O[C@H]1C[C@@H](N(C)C)C[C@@H](C)O1. The summed E-state index contributed by atoms with van der Waals surface area (Å²) in [6.45, 7) is 15.3. The zero-order chi connectivity index (χ0) is 33.1. The minimum Gasteiger partial charge on any atom is -0.463 e. The van der Waals surface area contributed by atoms with Crippen molar-refractivity contribution < 1.29 is 28.5 Å². The van der Waals surface area contributed by atoms with Crippen molar-refractivity contribution in [2.24, 2.45) is 23.2 Å². The lowest BCUT2D eigenvalue weighted by atomic mass is 9.74. The Labute approximate surface area is 271 Å². The number of hydrogen-bond acceptors (Lipinski definition) is 10. The third kappa shape index (κ3) is 8.51. The van der Waals surface area contributed by atoms with Gasteiger partial charge in [-0.25, -0.2) is 0 Å². The fourth-order valence-corrected chi connectivity index (χ4v) is 7.74. The molecule has 8 atom stereocenters. The summed E-state index contributed by atoms with van der Waals surface area (Å²) in [5.41, 5.74) is -0.959. The lowest BCUT2D eigenvalue weighted by Gasteiger charge is -2.47. The number of carbonyl (C=O) groups excluding carboxylic acids is 2. The Morgan fingerprint density at radius 2 is 1.80 bits per heavy atom. The molecule has 4 heterocycles. The molecule has 10 heteroatoms. The Hall–Kier alpha value is -1.95. The zero-order valence-electron chi connectivity index (χ0n) is 29.3. The molecule has 3 aliphatic heterocycles. The van der Waals surface area contributed by atoms with Gasteiger partial charge in [0.05, 0.1) is 17.8 Å². The highest BCUT2D eigenvalue weighted by Crippen LogP contribution is 2.38. The summed E-state index contributed by atoms with van der Waals surface area (Å²) in [6.07, 6.45) is 4.89. The van der Waals surface area contributed by atoms with Crippen LogP contribution in [-0.2, 0) is 35.1 Å². The smallest absolute Gasteiger partial charge is 0.319 e. The van der Waals surface area contributed by atoms with Crippen molar-refractivity contribution in [3.05, 3.63) is 30.1 Å². The highest BCUT2D eigenvalue weighted by atomic mass is 16.7. The summed E-state index contributed by atoms with van der Waals surface area (Å²) < 4.78 is 25.4. The maximum atomic E-state index is 14.2. The number of esters is 1. The molecule has 10 nitrogen and oxygen atoms in total. The van der Waals surface area contributed by atoms with Gasteiger partial charge < -0.3 is 23.8 Å². The van der Waals surface area contributed by atoms with Crippen LogP contribution < -0.4 is 0 Å². The van der Waals surface area contributed by atoms with E-state index in [1.807, 2.05) is 26.1 Å². The Morgan fingerprint density at radius 1 is 1.09 bits per heavy atom. The minimum absolute atomic E-state index is 0.0217. The van der Waals surface area contributed by atoms with E-state index >= 15 is 0 Å². The monoisotopic (exact) mass is 630 g/mol. The fraction of sp³-hybridized carbons (Fsp3) is 0.800. The van der Waals surface area contributed by atoms with Gasteiger partial charge in [0.1, 0.15) is 12.0 Å². The molecule has 1 unspecified atom stereocenters. The molecule has 0 amide bonds. The van der Waals surface area contributed by atoms with Gasteiger partial charge in [0.25, 0.3) is 0 Å². The lowest BCUT2D eigenvalue weighted by Crippen LogP contribution is -2.58. The molecule has 0 radical (unpaired) electrons. The normalized spacial score (nSPS) is 36.5. The highest BCUT2D eigenvalue weighted by Gasteiger charge is 2.50. The second kappa shape index (κ2) is 14.9. The number of carbonyl (C=O) groups is 2. The van der Waals surface area contributed by atoms with E-state index in [9.17, 15) is 9.59 Å². The summed E-state index contributed by atoms with van der Waals surface area (Å²) in [7, 11) is 7.97. The molecule has 0 N–H and O–H groups in total. The average Bonchev–Trinajstić information content (AvgIpc) is 2.97. The van der Waals surface area contributed by atoms with Crippen LogP contribution in [0.5, 0.6) is 0 Å². The topological polar surface area (TPSA) is 93.7 Å². The number of hydrogen-bond donors (Lipinski definition) is 0. The molecule has 1 aromatic heterocycles. The number of ketones is 1. The molecular formula is C35H58N4O6. The van der Waals surface area contributed by atoms with Crippen molar-refractivity contribution in [1.82, 2.24) is 19.7 Å². The van der Waals surface area contributed by atoms with Crippen molar-refractivity contribution >= 4 is 11.8 Å². The molecule has 45 heavy (non-hydrogen) atoms. The molecule has 4 rings (SSSR count). The van der Waals surface area contributed by atoms with Crippen LogP contribution in [0.2, 0.25) is 0 Å². The molecule has 0 spiro atoms. The number of pyridine rings is 1. The largest absolute Gasteiger partial charge is 0.463 e. The van der Waals surface area contributed by atoms with Crippen LogP contribution in [-0.4, -0.2) is 122 Å². The summed E-state index contributed by atoms with van der Waals surface area (Å²) in [4.78, 5) is 39.0. The molecule has 254 valence electrons. The van der Waals surface area contributed by atoms with Gasteiger partial charge >= 0.3 is 5.97 Å². The van der Waals surface area contributed by atoms with Crippen molar-refractivity contribution in [3.8, 4) is 0 Å². The van der Waals surface area contributed by atoms with E-state index in [0.29, 0.717) is 24.8 Å². The van der Waals surface area contributed by atoms with Gasteiger partial charge in [-0.05, 0) is 79.2 Å². The number of likely N-dealkylation sites (N-methyl/N-ethyl adjacent to an activating group) is 1. The Balaban J connectivity index is 1.57. The van der Waals surface area contributed by atoms with E-state index in [2.05, 4.69) is 60.7 Å². The van der Waals surface area contributed by atoms with E-state index in [-0.39, 0.29) is 30.5 Å². The predicted octanol–water partition coefficient (Wildman–Crippen LogP) is 3.87. The van der Waals surface area contributed by atoms with Crippen LogP contribution in [0.15, 0.2) is 24.5 Å². The van der Waals surface area contributed by atoms with Gasteiger partial charge in [0.15, 0.2) is 12.1 Å². The van der Waals surface area contributed by atoms with Crippen molar-refractivity contribution in [2.75, 3.05) is 54.5 Å². The number of nitrogens with zero attached hydrogens (tertiary/aromatic N) is 4. The molecule has 1 aromatic rings. The van der Waals surface area contributed by atoms with E-state index in [1.54, 1.807) is 27.2 Å². The molecule has 0 bridgehead atoms. The van der Waals surface area contributed by atoms with Crippen LogP contribution in [0.3, 0.4) is 0 Å². The quantitative estimate of drug-likeness (QED) is 0.327. The van der Waals surface area contributed by atoms with Crippen LogP contribution in [0.4, 0.5) is 0 Å². The molecule has 3 fully saturated rings. The molecule has 0 aromatic carbocycles. The van der Waals surface area contributed by atoms with Gasteiger partial charge in [-0.2, -0.15) is 0 Å². The highest BCUT2D eigenvalue weighted by molar-refractivity contribution is 6.04. The van der Waals surface area contributed by atoms with Crippen molar-refractivity contribution in [2.45, 2.75) is 104 Å². The van der Waals surface area contributed by atoms with Gasteiger partial charge in [0.2, 0.25) is 0 Å². The first-order valence-corrected chi connectivity index (χ1v) is 16.7. The van der Waals surface area contributed by atoms with Crippen molar-refractivity contribution in [1.29, 1.82) is 0 Å². The molecule has 0 aliphatic carbocycles. The Bertz CT molecular complexity index is 1130. The van der Waals surface area contributed by atoms with Gasteiger partial charge in [-0.1, -0.05) is 19.9 Å². The Morgan fingerprint density at radius 3 is 2.42 bits per heavy atom. The van der Waals surface area contributed by atoms with Gasteiger partial charge in [-0.15, -0.1) is 0 Å². The third-order valence-corrected chi connectivity index (χ3v) is 10.5. The lowest BCUT2D eigenvalue weighted by molar-refractivity contribution is -0.263. The third-order valence-electron chi connectivity index (χ3n) is 10.5. The number of cyclic esters (lactones) is 1.